The lowest BCUT2D eigenvalue weighted by Gasteiger charge is -2.39. The maximum Gasteiger partial charge on any atom is 0.229 e. The van der Waals surface area contributed by atoms with Crippen LogP contribution in [0, 0.1) is 11.8 Å². The molecule has 3 saturated heterocycles. The van der Waals surface area contributed by atoms with E-state index in [9.17, 15) is 14.7 Å². The maximum atomic E-state index is 12.9. The van der Waals surface area contributed by atoms with E-state index < -0.39 is 17.8 Å². The summed E-state index contributed by atoms with van der Waals surface area (Å²) < 4.78 is 5.68. The zero-order valence-electron chi connectivity index (χ0n) is 13.8. The third-order valence-corrected chi connectivity index (χ3v) is 5.83. The third kappa shape index (κ3) is 2.98. The van der Waals surface area contributed by atoms with Gasteiger partial charge in [-0.3, -0.25) is 4.79 Å². The number of hydrogen-bond donors (Lipinski definition) is 0. The number of aliphatic carboxylic acids is 1. The molecule has 6 nitrogen and oxygen atoms in total. The van der Waals surface area contributed by atoms with Crippen LogP contribution in [0.25, 0.3) is 0 Å². The van der Waals surface area contributed by atoms with Gasteiger partial charge in [0, 0.05) is 48.8 Å². The van der Waals surface area contributed by atoms with E-state index in [4.69, 9.17) is 16.3 Å². The van der Waals surface area contributed by atoms with Crippen molar-refractivity contribution in [2.75, 3.05) is 31.1 Å². The average Bonchev–Trinajstić information content (AvgIpc) is 3.22. The van der Waals surface area contributed by atoms with E-state index in [1.807, 2.05) is 24.3 Å². The van der Waals surface area contributed by atoms with Crippen LogP contribution in [0.4, 0.5) is 5.69 Å². The van der Waals surface area contributed by atoms with Gasteiger partial charge in [-0.05, 0) is 31.0 Å². The van der Waals surface area contributed by atoms with Gasteiger partial charge in [-0.25, -0.2) is 0 Å². The fraction of sp³-hybridized carbons (Fsp3) is 0.556. The molecular formula is C18H20ClN2O4-. The Labute approximate surface area is 151 Å². The van der Waals surface area contributed by atoms with Crippen LogP contribution in [0.1, 0.15) is 12.8 Å². The van der Waals surface area contributed by atoms with Crippen molar-refractivity contribution in [3.05, 3.63) is 29.3 Å². The zero-order chi connectivity index (χ0) is 17.6. The van der Waals surface area contributed by atoms with Gasteiger partial charge in [0.1, 0.15) is 0 Å². The molecule has 3 fully saturated rings. The molecule has 3 aliphatic heterocycles. The number of carbonyl (C=O) groups is 2. The van der Waals surface area contributed by atoms with Crippen LogP contribution in [-0.4, -0.2) is 55.2 Å². The molecule has 25 heavy (non-hydrogen) atoms. The van der Waals surface area contributed by atoms with Crippen molar-refractivity contribution in [1.82, 2.24) is 4.90 Å². The molecule has 0 spiro atoms. The number of anilines is 1. The summed E-state index contributed by atoms with van der Waals surface area (Å²) in [6, 6.07) is 7.65. The van der Waals surface area contributed by atoms with Crippen LogP contribution in [-0.2, 0) is 14.3 Å². The first kappa shape index (κ1) is 16.7. The smallest absolute Gasteiger partial charge is 0.229 e. The molecule has 1 amide bonds. The normalized spacial score (nSPS) is 31.4. The third-order valence-electron chi connectivity index (χ3n) is 5.60. The van der Waals surface area contributed by atoms with Gasteiger partial charge < -0.3 is 24.4 Å². The van der Waals surface area contributed by atoms with E-state index in [0.29, 0.717) is 37.6 Å². The molecule has 3 aliphatic rings. The summed E-state index contributed by atoms with van der Waals surface area (Å²) in [4.78, 5) is 28.3. The number of benzene rings is 1. The lowest BCUT2D eigenvalue weighted by atomic mass is 9.78. The molecule has 2 bridgehead atoms. The summed E-state index contributed by atoms with van der Waals surface area (Å²) in [6.07, 6.45) is 0.825. The first-order chi connectivity index (χ1) is 12.0. The first-order valence-electron chi connectivity index (χ1n) is 8.70. The molecule has 1 aromatic rings. The second-order valence-electron chi connectivity index (χ2n) is 6.95. The van der Waals surface area contributed by atoms with E-state index in [1.165, 1.54) is 0 Å². The van der Waals surface area contributed by atoms with Crippen molar-refractivity contribution in [3.63, 3.8) is 0 Å². The van der Waals surface area contributed by atoms with Gasteiger partial charge in [-0.2, -0.15) is 0 Å². The molecule has 0 aromatic heterocycles. The predicted octanol–water partition coefficient (Wildman–Crippen LogP) is 0.532. The van der Waals surface area contributed by atoms with Gasteiger partial charge in [-0.1, -0.05) is 17.7 Å². The fourth-order valence-corrected chi connectivity index (χ4v) is 4.54. The minimum atomic E-state index is -1.16. The van der Waals surface area contributed by atoms with Gasteiger partial charge in [-0.15, -0.1) is 0 Å². The standard InChI is InChI=1S/C18H21ClN2O4/c19-11-2-1-3-12(10-11)20-6-8-21(9-7-20)17(22)15-13-4-5-14(25-13)16(15)18(23)24/h1-3,10,13-16H,4-9H2,(H,23,24)/p-1/t13-,14+,15+,16+/m1/s1. The van der Waals surface area contributed by atoms with E-state index in [1.54, 1.807) is 4.90 Å². The molecule has 4 atom stereocenters. The Kier molecular flexibility index (Phi) is 4.33. The van der Waals surface area contributed by atoms with Crippen LogP contribution in [0.2, 0.25) is 5.02 Å². The highest BCUT2D eigenvalue weighted by molar-refractivity contribution is 6.30. The molecule has 7 heteroatoms. The van der Waals surface area contributed by atoms with Crippen molar-refractivity contribution in [1.29, 1.82) is 0 Å². The highest BCUT2D eigenvalue weighted by atomic mass is 35.5. The second-order valence-corrected chi connectivity index (χ2v) is 7.39. The fourth-order valence-electron chi connectivity index (χ4n) is 4.36. The Bertz CT molecular complexity index is 689. The predicted molar refractivity (Wildman–Crippen MR) is 90.1 cm³/mol. The number of carboxylic acid groups (broad SMARTS) is 1. The number of amides is 1. The Hall–Kier alpha value is -1.79. The van der Waals surface area contributed by atoms with Crippen molar-refractivity contribution >= 4 is 29.2 Å². The SMILES string of the molecule is O=C([O-])[C@@H]1[C@@H](C(=O)N2CCN(c3cccc(Cl)c3)CC2)[C@H]2CC[C@@H]1O2. The Morgan fingerprint density at radius 1 is 1.08 bits per heavy atom. The second kappa shape index (κ2) is 6.50. The number of carboxylic acids is 1. The van der Waals surface area contributed by atoms with Crippen molar-refractivity contribution in [2.45, 2.75) is 25.0 Å². The van der Waals surface area contributed by atoms with E-state index in [2.05, 4.69) is 4.90 Å². The molecular weight excluding hydrogens is 344 g/mol. The van der Waals surface area contributed by atoms with Gasteiger partial charge in [0.05, 0.1) is 18.1 Å². The highest BCUT2D eigenvalue weighted by Gasteiger charge is 2.53. The summed E-state index contributed by atoms with van der Waals surface area (Å²) in [5, 5.41) is 12.2. The number of nitrogens with zero attached hydrogens (tertiary/aromatic N) is 2. The summed E-state index contributed by atoms with van der Waals surface area (Å²) >= 11 is 6.04. The molecule has 0 unspecified atom stereocenters. The molecule has 1 aromatic carbocycles. The maximum absolute atomic E-state index is 12.9. The number of piperazine rings is 1. The summed E-state index contributed by atoms with van der Waals surface area (Å²) in [5.41, 5.74) is 1.04. The molecule has 4 rings (SSSR count). The summed E-state index contributed by atoms with van der Waals surface area (Å²) in [7, 11) is 0. The topological polar surface area (TPSA) is 72.9 Å². The molecule has 0 aliphatic carbocycles. The average molecular weight is 364 g/mol. The number of fused-ring (bicyclic) bond motifs is 2. The van der Waals surface area contributed by atoms with Crippen molar-refractivity contribution in [3.8, 4) is 0 Å². The molecule has 0 saturated carbocycles. The Balaban J connectivity index is 1.42. The summed E-state index contributed by atoms with van der Waals surface area (Å²) in [6.45, 7) is 2.53. The lowest BCUT2D eigenvalue weighted by molar-refractivity contribution is -0.314. The minimum absolute atomic E-state index is 0.104. The van der Waals surface area contributed by atoms with Crippen LogP contribution in [0.5, 0.6) is 0 Å². The van der Waals surface area contributed by atoms with Crippen LogP contribution < -0.4 is 10.0 Å². The molecule has 3 heterocycles. The van der Waals surface area contributed by atoms with E-state index >= 15 is 0 Å². The minimum Gasteiger partial charge on any atom is -0.550 e. The first-order valence-corrected chi connectivity index (χ1v) is 9.08. The van der Waals surface area contributed by atoms with Crippen LogP contribution in [0.15, 0.2) is 24.3 Å². The molecule has 0 N–H and O–H groups in total. The molecule has 0 radical (unpaired) electrons. The molecule has 134 valence electrons. The van der Waals surface area contributed by atoms with Crippen LogP contribution in [0.3, 0.4) is 0 Å². The van der Waals surface area contributed by atoms with E-state index in [-0.39, 0.29) is 18.1 Å². The number of hydrogen-bond acceptors (Lipinski definition) is 5. The monoisotopic (exact) mass is 363 g/mol. The van der Waals surface area contributed by atoms with E-state index in [0.717, 1.165) is 12.1 Å². The zero-order valence-corrected chi connectivity index (χ0v) is 14.5. The lowest BCUT2D eigenvalue weighted by Crippen LogP contribution is -2.54. The Morgan fingerprint density at radius 2 is 1.76 bits per heavy atom. The number of ether oxygens (including phenoxy) is 1. The number of carbonyl (C=O) groups excluding carboxylic acids is 2. The van der Waals surface area contributed by atoms with Crippen molar-refractivity contribution < 1.29 is 19.4 Å². The van der Waals surface area contributed by atoms with Gasteiger partial charge >= 0.3 is 0 Å². The van der Waals surface area contributed by atoms with Gasteiger partial charge in [0.2, 0.25) is 5.91 Å². The quantitative estimate of drug-likeness (QED) is 0.783. The number of rotatable bonds is 3. The van der Waals surface area contributed by atoms with Crippen LogP contribution >= 0.6 is 11.6 Å². The van der Waals surface area contributed by atoms with Gasteiger partial charge in [0.25, 0.3) is 0 Å². The largest absolute Gasteiger partial charge is 0.550 e. The van der Waals surface area contributed by atoms with Gasteiger partial charge in [0.15, 0.2) is 0 Å². The summed E-state index contributed by atoms with van der Waals surface area (Å²) in [5.74, 6) is -2.67. The number of halogens is 1. The highest BCUT2D eigenvalue weighted by Crippen LogP contribution is 2.44. The Morgan fingerprint density at radius 3 is 2.40 bits per heavy atom. The van der Waals surface area contributed by atoms with Crippen molar-refractivity contribution in [2.24, 2.45) is 11.8 Å².